The van der Waals surface area contributed by atoms with Crippen LogP contribution in [-0.2, 0) is 11.4 Å². The highest BCUT2D eigenvalue weighted by atomic mass is 35.5. The van der Waals surface area contributed by atoms with Gasteiger partial charge >= 0.3 is 0 Å². The second kappa shape index (κ2) is 7.51. The summed E-state index contributed by atoms with van der Waals surface area (Å²) in [6, 6.07) is 10.9. The van der Waals surface area contributed by atoms with E-state index in [4.69, 9.17) is 22.1 Å². The number of tetrazole rings is 1. The first-order valence-corrected chi connectivity index (χ1v) is 9.04. The number of benzene rings is 2. The van der Waals surface area contributed by atoms with Gasteiger partial charge in [0.15, 0.2) is 0 Å². The minimum Gasteiger partial charge on any atom is -0.489 e. The van der Waals surface area contributed by atoms with Crippen molar-refractivity contribution in [3.8, 4) is 5.75 Å². The molecule has 10 heteroatoms. The van der Waals surface area contributed by atoms with Crippen molar-refractivity contribution in [3.63, 3.8) is 0 Å². The third-order valence-electron chi connectivity index (χ3n) is 4.62. The fourth-order valence-electron chi connectivity index (χ4n) is 3.21. The minimum absolute atomic E-state index is 0.0130. The first-order chi connectivity index (χ1) is 14.0. The fraction of sp³-hybridized carbons (Fsp3) is 0.158. The van der Waals surface area contributed by atoms with Crippen LogP contribution < -0.4 is 15.8 Å². The molecule has 0 aliphatic carbocycles. The van der Waals surface area contributed by atoms with Gasteiger partial charge in [-0.15, -0.1) is 0 Å². The molecule has 0 fully saturated rings. The molecule has 1 amide bonds. The number of carbonyl (C=O) groups is 1. The molecule has 3 aromatic rings. The Labute approximate surface area is 170 Å². The van der Waals surface area contributed by atoms with Gasteiger partial charge in [0.25, 0.3) is 0 Å². The number of ether oxygens (including phenoxy) is 1. The molecule has 1 unspecified atom stereocenters. The number of hydrogen-bond donors (Lipinski definition) is 2. The molecule has 0 saturated carbocycles. The zero-order chi connectivity index (χ0) is 20.5. The normalized spacial score (nSPS) is 15.6. The van der Waals surface area contributed by atoms with Crippen molar-refractivity contribution < 1.29 is 13.9 Å². The molecular formula is C19H16ClFN6O2. The van der Waals surface area contributed by atoms with E-state index < -0.39 is 17.8 Å². The Morgan fingerprint density at radius 2 is 2.07 bits per heavy atom. The number of aromatic nitrogens is 4. The first-order valence-electron chi connectivity index (χ1n) is 8.67. The van der Waals surface area contributed by atoms with E-state index in [-0.39, 0.29) is 12.2 Å². The molecule has 0 bridgehead atoms. The van der Waals surface area contributed by atoms with E-state index in [0.717, 1.165) is 5.56 Å². The van der Waals surface area contributed by atoms with Crippen LogP contribution in [0.1, 0.15) is 24.1 Å². The SMILES string of the molecule is CC1=C(C(N)=O)C(c2ccc(OCc3c(F)cccc3Cl)cc2)n2nnnc2N1. The molecule has 0 spiro atoms. The molecule has 4 rings (SSSR count). The number of rotatable bonds is 5. The van der Waals surface area contributed by atoms with Gasteiger partial charge in [-0.25, -0.2) is 4.39 Å². The van der Waals surface area contributed by atoms with Crippen molar-refractivity contribution in [3.05, 3.63) is 75.7 Å². The highest BCUT2D eigenvalue weighted by Gasteiger charge is 2.32. The number of carbonyl (C=O) groups excluding carboxylic acids is 1. The maximum Gasteiger partial charge on any atom is 0.248 e. The van der Waals surface area contributed by atoms with E-state index in [0.29, 0.717) is 28.0 Å². The number of allylic oxidation sites excluding steroid dienone is 1. The lowest BCUT2D eigenvalue weighted by Gasteiger charge is -2.26. The molecule has 3 N–H and O–H groups in total. The zero-order valence-electron chi connectivity index (χ0n) is 15.3. The van der Waals surface area contributed by atoms with Crippen molar-refractivity contribution in [2.75, 3.05) is 5.32 Å². The molecule has 148 valence electrons. The van der Waals surface area contributed by atoms with Crippen molar-refractivity contribution in [1.29, 1.82) is 0 Å². The average Bonchev–Trinajstić information content (AvgIpc) is 3.15. The van der Waals surface area contributed by atoms with Crippen LogP contribution in [0.2, 0.25) is 5.02 Å². The first kappa shape index (κ1) is 18.9. The molecule has 1 aliphatic rings. The van der Waals surface area contributed by atoms with Gasteiger partial charge < -0.3 is 15.8 Å². The van der Waals surface area contributed by atoms with Crippen LogP contribution in [0.15, 0.2) is 53.7 Å². The van der Waals surface area contributed by atoms with Crippen LogP contribution in [0.4, 0.5) is 10.3 Å². The number of hydrogen-bond acceptors (Lipinski definition) is 6. The summed E-state index contributed by atoms with van der Waals surface area (Å²) in [4.78, 5) is 12.0. The molecular weight excluding hydrogens is 399 g/mol. The molecule has 1 aliphatic heterocycles. The lowest BCUT2D eigenvalue weighted by Crippen LogP contribution is -2.31. The van der Waals surface area contributed by atoms with Crippen LogP contribution >= 0.6 is 11.6 Å². The van der Waals surface area contributed by atoms with Gasteiger partial charge in [0, 0.05) is 11.3 Å². The Morgan fingerprint density at radius 1 is 1.31 bits per heavy atom. The summed E-state index contributed by atoms with van der Waals surface area (Å²) in [5.74, 6) is -0.0790. The zero-order valence-corrected chi connectivity index (χ0v) is 16.0. The minimum atomic E-state index is -0.575. The Bertz CT molecular complexity index is 1090. The quantitative estimate of drug-likeness (QED) is 0.664. The number of halogens is 2. The lowest BCUT2D eigenvalue weighted by atomic mass is 9.95. The number of nitrogens with two attached hydrogens (primary N) is 1. The van der Waals surface area contributed by atoms with E-state index in [1.54, 1.807) is 37.3 Å². The third-order valence-corrected chi connectivity index (χ3v) is 4.97. The van der Waals surface area contributed by atoms with Crippen molar-refractivity contribution in [1.82, 2.24) is 20.2 Å². The Morgan fingerprint density at radius 3 is 2.76 bits per heavy atom. The monoisotopic (exact) mass is 414 g/mol. The molecule has 1 atom stereocenters. The van der Waals surface area contributed by atoms with Gasteiger partial charge in [0.1, 0.15) is 24.2 Å². The summed E-state index contributed by atoms with van der Waals surface area (Å²) < 4.78 is 21.0. The average molecular weight is 415 g/mol. The van der Waals surface area contributed by atoms with Gasteiger partial charge in [0.05, 0.1) is 10.6 Å². The predicted octanol–water partition coefficient (Wildman–Crippen LogP) is 2.82. The standard InChI is InChI=1S/C19H16ClFN6O2/c1-10-16(18(22)28)17(27-19(23-10)24-25-26-27)11-5-7-12(8-6-11)29-9-13-14(20)3-2-4-15(13)21/h2-8,17H,9H2,1H3,(H2,22,28)(H,23,24,26). The van der Waals surface area contributed by atoms with Crippen LogP contribution in [0.3, 0.4) is 0 Å². The highest BCUT2D eigenvalue weighted by Crippen LogP contribution is 2.34. The lowest BCUT2D eigenvalue weighted by molar-refractivity contribution is -0.115. The smallest absolute Gasteiger partial charge is 0.248 e. The van der Waals surface area contributed by atoms with Gasteiger partial charge in [0.2, 0.25) is 11.9 Å². The Kier molecular flexibility index (Phi) is 4.89. The highest BCUT2D eigenvalue weighted by molar-refractivity contribution is 6.31. The summed E-state index contributed by atoms with van der Waals surface area (Å²) in [6.07, 6.45) is 0. The number of nitrogens with zero attached hydrogens (tertiary/aromatic N) is 4. The number of nitrogens with one attached hydrogen (secondary N) is 1. The van der Waals surface area contributed by atoms with Gasteiger partial charge in [-0.1, -0.05) is 34.9 Å². The Hall–Kier alpha value is -3.46. The van der Waals surface area contributed by atoms with E-state index in [1.165, 1.54) is 16.8 Å². The number of anilines is 1. The maximum absolute atomic E-state index is 13.9. The van der Waals surface area contributed by atoms with Crippen LogP contribution in [-0.4, -0.2) is 26.1 Å². The van der Waals surface area contributed by atoms with Crippen molar-refractivity contribution in [2.24, 2.45) is 5.73 Å². The van der Waals surface area contributed by atoms with Crippen LogP contribution in [0.25, 0.3) is 0 Å². The van der Waals surface area contributed by atoms with Gasteiger partial charge in [-0.05, 0) is 47.2 Å². The summed E-state index contributed by atoms with van der Waals surface area (Å²) in [5, 5.41) is 14.8. The number of primary amides is 1. The number of amides is 1. The van der Waals surface area contributed by atoms with E-state index in [2.05, 4.69) is 20.8 Å². The number of fused-ring (bicyclic) bond motifs is 1. The summed E-state index contributed by atoms with van der Waals surface area (Å²) >= 11 is 6.02. The van der Waals surface area contributed by atoms with Gasteiger partial charge in [-0.3, -0.25) is 4.79 Å². The predicted molar refractivity (Wildman–Crippen MR) is 104 cm³/mol. The van der Waals surface area contributed by atoms with Crippen molar-refractivity contribution in [2.45, 2.75) is 19.6 Å². The largest absolute Gasteiger partial charge is 0.489 e. The molecule has 29 heavy (non-hydrogen) atoms. The Balaban J connectivity index is 1.60. The van der Waals surface area contributed by atoms with Crippen LogP contribution in [0, 0.1) is 5.82 Å². The molecule has 1 aromatic heterocycles. The second-order valence-corrected chi connectivity index (χ2v) is 6.84. The molecule has 0 saturated heterocycles. The van der Waals surface area contributed by atoms with E-state index in [9.17, 15) is 9.18 Å². The van der Waals surface area contributed by atoms with E-state index >= 15 is 0 Å². The van der Waals surface area contributed by atoms with Crippen molar-refractivity contribution >= 4 is 23.5 Å². The molecule has 2 heterocycles. The topological polar surface area (TPSA) is 108 Å². The summed E-state index contributed by atoms with van der Waals surface area (Å²) in [6.45, 7) is 1.72. The molecule has 8 nitrogen and oxygen atoms in total. The summed E-state index contributed by atoms with van der Waals surface area (Å²) in [5.41, 5.74) is 7.55. The van der Waals surface area contributed by atoms with E-state index in [1.807, 2.05) is 0 Å². The summed E-state index contributed by atoms with van der Waals surface area (Å²) in [7, 11) is 0. The molecule has 2 aromatic carbocycles. The van der Waals surface area contributed by atoms with Crippen LogP contribution in [0.5, 0.6) is 5.75 Å². The second-order valence-electron chi connectivity index (χ2n) is 6.44. The molecule has 0 radical (unpaired) electrons. The third kappa shape index (κ3) is 3.52. The maximum atomic E-state index is 13.9. The van der Waals surface area contributed by atoms with Gasteiger partial charge in [-0.2, -0.15) is 4.68 Å². The fourth-order valence-corrected chi connectivity index (χ4v) is 3.43.